The number of likely N-dealkylation sites (N-methyl/N-ethyl adjacent to an activating group) is 1. The van der Waals surface area contributed by atoms with Gasteiger partial charge in [0.15, 0.2) is 0 Å². The molecular formula is C14H19N3O. The minimum atomic E-state index is 0.245. The first kappa shape index (κ1) is 12.6. The Kier molecular flexibility index (Phi) is 3.99. The van der Waals surface area contributed by atoms with Gasteiger partial charge in [0.05, 0.1) is 13.3 Å². The van der Waals surface area contributed by atoms with Gasteiger partial charge in [-0.15, -0.1) is 0 Å². The van der Waals surface area contributed by atoms with Crippen LogP contribution in [0.1, 0.15) is 17.2 Å². The smallest absolute Gasteiger partial charge is 0.122 e. The fraction of sp³-hybridized carbons (Fsp3) is 0.357. The lowest BCUT2D eigenvalue weighted by Gasteiger charge is -2.16. The van der Waals surface area contributed by atoms with E-state index in [0.29, 0.717) is 0 Å². The van der Waals surface area contributed by atoms with Crippen LogP contribution in [-0.4, -0.2) is 23.9 Å². The summed E-state index contributed by atoms with van der Waals surface area (Å²) in [6, 6.07) is 8.36. The number of hydrogen-bond donors (Lipinski definition) is 1. The molecule has 1 aromatic carbocycles. The second-order valence-corrected chi connectivity index (χ2v) is 4.30. The van der Waals surface area contributed by atoms with Gasteiger partial charge in [0.2, 0.25) is 0 Å². The lowest BCUT2D eigenvalue weighted by atomic mass is 10.0. The highest BCUT2D eigenvalue weighted by atomic mass is 16.5. The minimum Gasteiger partial charge on any atom is -0.496 e. The van der Waals surface area contributed by atoms with Gasteiger partial charge in [0.1, 0.15) is 5.75 Å². The van der Waals surface area contributed by atoms with Gasteiger partial charge in [0, 0.05) is 24.8 Å². The molecule has 4 heteroatoms. The van der Waals surface area contributed by atoms with E-state index in [9.17, 15) is 0 Å². The molecule has 0 saturated carbocycles. The lowest BCUT2D eigenvalue weighted by Crippen LogP contribution is -2.18. The number of benzene rings is 1. The molecule has 96 valence electrons. The van der Waals surface area contributed by atoms with Crippen molar-refractivity contribution in [2.45, 2.75) is 12.5 Å². The van der Waals surface area contributed by atoms with Crippen molar-refractivity contribution in [3.05, 3.63) is 47.8 Å². The molecule has 0 saturated heterocycles. The molecule has 1 unspecified atom stereocenters. The molecule has 18 heavy (non-hydrogen) atoms. The Bertz CT molecular complexity index is 507. The van der Waals surface area contributed by atoms with Crippen molar-refractivity contribution in [2.75, 3.05) is 14.2 Å². The fourth-order valence-electron chi connectivity index (χ4n) is 2.10. The third-order valence-electron chi connectivity index (χ3n) is 3.09. The van der Waals surface area contributed by atoms with E-state index >= 15 is 0 Å². The van der Waals surface area contributed by atoms with Gasteiger partial charge in [-0.25, -0.2) is 0 Å². The zero-order valence-corrected chi connectivity index (χ0v) is 11.1. The summed E-state index contributed by atoms with van der Waals surface area (Å²) in [5.74, 6) is 0.932. The first-order valence-electron chi connectivity index (χ1n) is 6.02. The van der Waals surface area contributed by atoms with E-state index in [0.717, 1.165) is 12.2 Å². The highest BCUT2D eigenvalue weighted by Gasteiger charge is 2.14. The Morgan fingerprint density at radius 1 is 1.39 bits per heavy atom. The van der Waals surface area contributed by atoms with Gasteiger partial charge in [0.25, 0.3) is 0 Å². The summed E-state index contributed by atoms with van der Waals surface area (Å²) in [4.78, 5) is 0. The van der Waals surface area contributed by atoms with Gasteiger partial charge in [-0.05, 0) is 25.1 Å². The maximum absolute atomic E-state index is 5.38. The first-order valence-corrected chi connectivity index (χ1v) is 6.02. The molecular weight excluding hydrogens is 226 g/mol. The van der Waals surface area contributed by atoms with Crippen LogP contribution >= 0.6 is 0 Å². The van der Waals surface area contributed by atoms with Crippen LogP contribution in [0.4, 0.5) is 0 Å². The second-order valence-electron chi connectivity index (χ2n) is 4.30. The van der Waals surface area contributed by atoms with Crippen LogP contribution in [0.15, 0.2) is 36.7 Å². The normalized spacial score (nSPS) is 12.4. The predicted octanol–water partition coefficient (Wildman–Crippen LogP) is 1.93. The van der Waals surface area contributed by atoms with Crippen LogP contribution in [0.3, 0.4) is 0 Å². The molecule has 0 amide bonds. The summed E-state index contributed by atoms with van der Waals surface area (Å²) < 4.78 is 7.20. The standard InChI is InChI=1S/C14H19N3O/c1-15-13(12-9-16-17(2)10-12)8-11-6-4-5-7-14(11)18-3/h4-7,9-10,13,15H,8H2,1-3H3. The van der Waals surface area contributed by atoms with Gasteiger partial charge in [-0.2, -0.15) is 5.10 Å². The number of rotatable bonds is 5. The molecule has 0 radical (unpaired) electrons. The molecule has 4 nitrogen and oxygen atoms in total. The molecule has 2 aromatic rings. The lowest BCUT2D eigenvalue weighted by molar-refractivity contribution is 0.406. The van der Waals surface area contributed by atoms with E-state index in [1.54, 1.807) is 7.11 Å². The van der Waals surface area contributed by atoms with E-state index in [1.807, 2.05) is 49.4 Å². The predicted molar refractivity (Wildman–Crippen MR) is 71.7 cm³/mol. The van der Waals surface area contributed by atoms with E-state index in [1.165, 1.54) is 11.1 Å². The van der Waals surface area contributed by atoms with E-state index in [4.69, 9.17) is 4.74 Å². The van der Waals surface area contributed by atoms with E-state index < -0.39 is 0 Å². The average Bonchev–Trinajstić information content (AvgIpc) is 2.83. The molecule has 0 bridgehead atoms. The van der Waals surface area contributed by atoms with E-state index in [-0.39, 0.29) is 6.04 Å². The van der Waals surface area contributed by atoms with Crippen molar-refractivity contribution in [1.29, 1.82) is 0 Å². The second kappa shape index (κ2) is 5.69. The Hall–Kier alpha value is -1.81. The summed E-state index contributed by atoms with van der Waals surface area (Å²) in [6.45, 7) is 0. The van der Waals surface area contributed by atoms with Gasteiger partial charge >= 0.3 is 0 Å². The van der Waals surface area contributed by atoms with Gasteiger partial charge in [-0.3, -0.25) is 4.68 Å². The van der Waals surface area contributed by atoms with Crippen LogP contribution in [0, 0.1) is 0 Å². The molecule has 0 aliphatic heterocycles. The molecule has 0 aliphatic rings. The van der Waals surface area contributed by atoms with Gasteiger partial charge in [-0.1, -0.05) is 18.2 Å². The number of aryl methyl sites for hydroxylation is 1. The van der Waals surface area contributed by atoms with Crippen molar-refractivity contribution in [1.82, 2.24) is 15.1 Å². The summed E-state index contributed by atoms with van der Waals surface area (Å²) in [5.41, 5.74) is 2.38. The number of aromatic nitrogens is 2. The van der Waals surface area contributed by atoms with Crippen LogP contribution < -0.4 is 10.1 Å². The minimum absolute atomic E-state index is 0.245. The quantitative estimate of drug-likeness (QED) is 0.875. The monoisotopic (exact) mass is 245 g/mol. The van der Waals surface area contributed by atoms with Gasteiger partial charge < -0.3 is 10.1 Å². The molecule has 1 N–H and O–H groups in total. The van der Waals surface area contributed by atoms with Crippen LogP contribution in [0.2, 0.25) is 0 Å². The summed E-state index contributed by atoms with van der Waals surface area (Å²) >= 11 is 0. The summed E-state index contributed by atoms with van der Waals surface area (Å²) in [7, 11) is 5.60. The van der Waals surface area contributed by atoms with Crippen molar-refractivity contribution < 1.29 is 4.74 Å². The fourth-order valence-corrected chi connectivity index (χ4v) is 2.10. The largest absolute Gasteiger partial charge is 0.496 e. The molecule has 0 spiro atoms. The first-order chi connectivity index (χ1) is 8.74. The molecule has 1 atom stereocenters. The Balaban J connectivity index is 2.20. The van der Waals surface area contributed by atoms with Crippen molar-refractivity contribution in [3.63, 3.8) is 0 Å². The molecule has 0 aliphatic carbocycles. The van der Waals surface area contributed by atoms with Crippen molar-refractivity contribution in [3.8, 4) is 5.75 Å². The third-order valence-corrected chi connectivity index (χ3v) is 3.09. The Morgan fingerprint density at radius 3 is 2.78 bits per heavy atom. The average molecular weight is 245 g/mol. The molecule has 2 rings (SSSR count). The van der Waals surface area contributed by atoms with E-state index in [2.05, 4.69) is 16.5 Å². The number of nitrogens with one attached hydrogen (secondary N) is 1. The summed E-state index contributed by atoms with van der Waals surface area (Å²) in [6.07, 6.45) is 4.82. The topological polar surface area (TPSA) is 39.1 Å². The molecule has 0 fully saturated rings. The van der Waals surface area contributed by atoms with Crippen molar-refractivity contribution in [2.24, 2.45) is 7.05 Å². The molecule has 1 aromatic heterocycles. The van der Waals surface area contributed by atoms with Crippen LogP contribution in [-0.2, 0) is 13.5 Å². The number of para-hydroxylation sites is 1. The summed E-state index contributed by atoms with van der Waals surface area (Å²) in [5, 5.41) is 7.54. The third kappa shape index (κ3) is 2.71. The van der Waals surface area contributed by atoms with Crippen LogP contribution in [0.25, 0.3) is 0 Å². The number of hydrogen-bond acceptors (Lipinski definition) is 3. The number of ether oxygens (including phenoxy) is 1. The zero-order chi connectivity index (χ0) is 13.0. The highest BCUT2D eigenvalue weighted by molar-refractivity contribution is 5.34. The Labute approximate surface area is 108 Å². The zero-order valence-electron chi connectivity index (χ0n) is 11.1. The number of nitrogens with zero attached hydrogens (tertiary/aromatic N) is 2. The van der Waals surface area contributed by atoms with Crippen molar-refractivity contribution >= 4 is 0 Å². The SMILES string of the molecule is CNC(Cc1ccccc1OC)c1cnn(C)c1. The number of methoxy groups -OCH3 is 1. The Morgan fingerprint density at radius 2 is 2.17 bits per heavy atom. The maximum Gasteiger partial charge on any atom is 0.122 e. The van der Waals surface area contributed by atoms with Crippen LogP contribution in [0.5, 0.6) is 5.75 Å². The highest BCUT2D eigenvalue weighted by Crippen LogP contribution is 2.24. The molecule has 1 heterocycles. The maximum atomic E-state index is 5.38.